The van der Waals surface area contributed by atoms with Crippen molar-refractivity contribution < 1.29 is 4.74 Å². The van der Waals surface area contributed by atoms with E-state index in [1.807, 2.05) is 12.1 Å². The Kier molecular flexibility index (Phi) is 3.54. The predicted molar refractivity (Wildman–Crippen MR) is 87.0 cm³/mol. The van der Waals surface area contributed by atoms with Gasteiger partial charge in [-0.25, -0.2) is 4.98 Å². The van der Waals surface area contributed by atoms with Gasteiger partial charge in [-0.15, -0.1) is 11.3 Å². The molecule has 4 heteroatoms. The van der Waals surface area contributed by atoms with Gasteiger partial charge in [0.15, 0.2) is 0 Å². The van der Waals surface area contributed by atoms with E-state index in [1.54, 1.807) is 11.3 Å². The number of rotatable bonds is 3. The summed E-state index contributed by atoms with van der Waals surface area (Å²) in [6.45, 7) is 10.6. The highest BCUT2D eigenvalue weighted by molar-refractivity contribution is 7.11. The van der Waals surface area contributed by atoms with Crippen LogP contribution in [0.1, 0.15) is 54.0 Å². The third-order valence-electron chi connectivity index (χ3n) is 4.05. The number of aromatic nitrogens is 1. The van der Waals surface area contributed by atoms with Crippen molar-refractivity contribution in [1.82, 2.24) is 10.3 Å². The Labute approximate surface area is 130 Å². The molecule has 0 fully saturated rings. The second-order valence-corrected chi connectivity index (χ2v) is 7.48. The molecule has 1 aromatic heterocycles. The summed E-state index contributed by atoms with van der Waals surface area (Å²) in [5.74, 6) is 0.990. The van der Waals surface area contributed by atoms with E-state index in [-0.39, 0.29) is 17.7 Å². The van der Waals surface area contributed by atoms with Crippen molar-refractivity contribution in [1.29, 1.82) is 0 Å². The zero-order valence-corrected chi connectivity index (χ0v) is 14.0. The predicted octanol–water partition coefficient (Wildman–Crippen LogP) is 4.32. The fourth-order valence-corrected chi connectivity index (χ4v) is 4.03. The van der Waals surface area contributed by atoms with Crippen molar-refractivity contribution in [2.45, 2.75) is 52.3 Å². The summed E-state index contributed by atoms with van der Waals surface area (Å²) in [7, 11) is 0. The first-order chi connectivity index (χ1) is 9.88. The molecule has 2 unspecified atom stereocenters. The molecule has 0 bridgehead atoms. The fraction of sp³-hybridized carbons (Fsp3) is 0.471. The summed E-state index contributed by atoms with van der Waals surface area (Å²) in [6.07, 6.45) is 0. The van der Waals surface area contributed by atoms with E-state index in [0.29, 0.717) is 0 Å². The lowest BCUT2D eigenvalue weighted by molar-refractivity contribution is 0.0920. The number of nitrogens with zero attached hydrogens (tertiary/aromatic N) is 1. The zero-order chi connectivity index (χ0) is 15.2. The molecule has 0 amide bonds. The highest BCUT2D eigenvalue weighted by atomic mass is 32.1. The number of aryl methyl sites for hydroxylation is 2. The molecule has 0 saturated heterocycles. The molecule has 3 nitrogen and oxygen atoms in total. The average Bonchev–Trinajstić information content (AvgIpc) is 2.87. The third-order valence-corrected chi connectivity index (χ3v) is 5.30. The maximum absolute atomic E-state index is 6.10. The number of fused-ring (bicyclic) bond motifs is 1. The lowest BCUT2D eigenvalue weighted by Crippen LogP contribution is -2.40. The van der Waals surface area contributed by atoms with E-state index in [1.165, 1.54) is 10.4 Å². The van der Waals surface area contributed by atoms with Crippen LogP contribution in [0.4, 0.5) is 0 Å². The van der Waals surface area contributed by atoms with Crippen LogP contribution >= 0.6 is 11.3 Å². The summed E-state index contributed by atoms with van der Waals surface area (Å²) < 4.78 is 6.10. The Hall–Kier alpha value is -1.39. The van der Waals surface area contributed by atoms with Crippen LogP contribution in [0.3, 0.4) is 0 Å². The van der Waals surface area contributed by atoms with Gasteiger partial charge in [-0.2, -0.15) is 0 Å². The highest BCUT2D eigenvalue weighted by Gasteiger charge is 2.41. The monoisotopic (exact) mass is 302 g/mol. The molecular formula is C17H22N2OS. The second-order valence-electron chi connectivity index (χ2n) is 6.25. The third kappa shape index (κ3) is 2.58. The van der Waals surface area contributed by atoms with Gasteiger partial charge in [-0.1, -0.05) is 18.2 Å². The number of benzene rings is 1. The van der Waals surface area contributed by atoms with E-state index >= 15 is 0 Å². The molecule has 3 rings (SSSR count). The summed E-state index contributed by atoms with van der Waals surface area (Å²) >= 11 is 1.77. The van der Waals surface area contributed by atoms with Crippen molar-refractivity contribution in [2.24, 2.45) is 0 Å². The van der Waals surface area contributed by atoms with Gasteiger partial charge in [0.25, 0.3) is 0 Å². The maximum Gasteiger partial charge on any atom is 0.125 e. The van der Waals surface area contributed by atoms with Crippen LogP contribution in [-0.4, -0.2) is 10.6 Å². The van der Waals surface area contributed by atoms with Crippen LogP contribution in [0.2, 0.25) is 0 Å². The summed E-state index contributed by atoms with van der Waals surface area (Å²) in [5, 5.41) is 4.86. The molecule has 1 aliphatic heterocycles. The van der Waals surface area contributed by atoms with E-state index in [9.17, 15) is 0 Å². The number of thiazole rings is 1. The lowest BCUT2D eigenvalue weighted by Gasteiger charge is -2.29. The standard InChI is InChI=1S/C17H22N2OS/c1-10-15(21-12(3)18-10)11(2)19-16-13-8-6-7-9-14(13)20-17(16,4)5/h6-9,11,16,19H,1-5H3. The molecule has 2 atom stereocenters. The molecule has 0 saturated carbocycles. The molecule has 1 aliphatic rings. The number of ether oxygens (including phenoxy) is 1. The SMILES string of the molecule is Cc1nc(C)c(C(C)NC2c3ccccc3OC2(C)C)s1. The van der Waals surface area contributed by atoms with Gasteiger partial charge in [-0.05, 0) is 40.7 Å². The number of hydrogen-bond donors (Lipinski definition) is 1. The highest BCUT2D eigenvalue weighted by Crippen LogP contribution is 2.44. The maximum atomic E-state index is 6.10. The van der Waals surface area contributed by atoms with Crippen molar-refractivity contribution in [3.05, 3.63) is 45.4 Å². The van der Waals surface area contributed by atoms with Crippen LogP contribution in [0, 0.1) is 13.8 Å². The van der Waals surface area contributed by atoms with Gasteiger partial charge in [0.05, 0.1) is 16.7 Å². The molecule has 0 radical (unpaired) electrons. The van der Waals surface area contributed by atoms with Gasteiger partial charge in [0.1, 0.15) is 11.4 Å². The lowest BCUT2D eigenvalue weighted by atomic mass is 9.93. The van der Waals surface area contributed by atoms with Gasteiger partial charge in [-0.3, -0.25) is 5.32 Å². The molecule has 0 aliphatic carbocycles. The van der Waals surface area contributed by atoms with Gasteiger partial charge in [0.2, 0.25) is 0 Å². The van der Waals surface area contributed by atoms with Crippen LogP contribution in [0.25, 0.3) is 0 Å². The van der Waals surface area contributed by atoms with E-state index in [4.69, 9.17) is 4.74 Å². The minimum atomic E-state index is -0.244. The Morgan fingerprint density at radius 3 is 2.67 bits per heavy atom. The number of para-hydroxylation sites is 1. The van der Waals surface area contributed by atoms with Crippen molar-refractivity contribution in [2.75, 3.05) is 0 Å². The Bertz CT molecular complexity index is 663. The first kappa shape index (κ1) is 14.5. The molecule has 2 heterocycles. The Balaban J connectivity index is 1.88. The largest absolute Gasteiger partial charge is 0.486 e. The number of nitrogens with one attached hydrogen (secondary N) is 1. The quantitative estimate of drug-likeness (QED) is 0.916. The first-order valence-electron chi connectivity index (χ1n) is 7.36. The van der Waals surface area contributed by atoms with Crippen molar-refractivity contribution >= 4 is 11.3 Å². The zero-order valence-electron chi connectivity index (χ0n) is 13.2. The minimum absolute atomic E-state index is 0.186. The van der Waals surface area contributed by atoms with Gasteiger partial charge in [0, 0.05) is 16.5 Å². The second kappa shape index (κ2) is 5.11. The van der Waals surface area contributed by atoms with Crippen LogP contribution in [-0.2, 0) is 0 Å². The Morgan fingerprint density at radius 1 is 1.29 bits per heavy atom. The molecule has 21 heavy (non-hydrogen) atoms. The van der Waals surface area contributed by atoms with E-state index in [2.05, 4.69) is 57.1 Å². The van der Waals surface area contributed by atoms with E-state index < -0.39 is 0 Å². The Morgan fingerprint density at radius 2 is 2.00 bits per heavy atom. The molecule has 0 spiro atoms. The molecule has 112 valence electrons. The average molecular weight is 302 g/mol. The van der Waals surface area contributed by atoms with Crippen LogP contribution in [0.5, 0.6) is 5.75 Å². The fourth-order valence-electron chi connectivity index (χ4n) is 3.09. The molecule has 1 aromatic carbocycles. The summed E-state index contributed by atoms with van der Waals surface area (Å²) in [4.78, 5) is 5.85. The first-order valence-corrected chi connectivity index (χ1v) is 8.18. The normalized spacial score (nSPS) is 20.9. The number of hydrogen-bond acceptors (Lipinski definition) is 4. The van der Waals surface area contributed by atoms with E-state index in [0.717, 1.165) is 16.5 Å². The molecule has 1 N–H and O–H groups in total. The molecular weight excluding hydrogens is 280 g/mol. The van der Waals surface area contributed by atoms with Crippen LogP contribution in [0.15, 0.2) is 24.3 Å². The van der Waals surface area contributed by atoms with Crippen molar-refractivity contribution in [3.63, 3.8) is 0 Å². The van der Waals surface area contributed by atoms with Gasteiger partial charge < -0.3 is 4.74 Å². The summed E-state index contributed by atoms with van der Waals surface area (Å²) in [5.41, 5.74) is 2.13. The minimum Gasteiger partial charge on any atom is -0.486 e. The van der Waals surface area contributed by atoms with Gasteiger partial charge >= 0.3 is 0 Å². The molecule has 2 aromatic rings. The smallest absolute Gasteiger partial charge is 0.125 e. The summed E-state index contributed by atoms with van der Waals surface area (Å²) in [6, 6.07) is 8.74. The topological polar surface area (TPSA) is 34.2 Å². The van der Waals surface area contributed by atoms with Crippen LogP contribution < -0.4 is 10.1 Å². The van der Waals surface area contributed by atoms with Crippen molar-refractivity contribution in [3.8, 4) is 5.75 Å².